The summed E-state index contributed by atoms with van der Waals surface area (Å²) >= 11 is 1.51. The standard InChI is InChI=1S/C19H24N4O2S/c1-11-7-5-6-8-15(11)16(22-9-12(2)25-13(3)10-22)17-18(24)23-19(26-17)20-14(4)21-23/h5-8,12-13,16,24H,9-10H2,1-4H3. The zero-order valence-electron chi connectivity index (χ0n) is 15.5. The molecule has 0 saturated carbocycles. The van der Waals surface area contributed by atoms with E-state index in [1.807, 2.05) is 13.0 Å². The van der Waals surface area contributed by atoms with E-state index in [4.69, 9.17) is 4.74 Å². The first kappa shape index (κ1) is 17.5. The molecule has 1 N–H and O–H groups in total. The van der Waals surface area contributed by atoms with Crippen LogP contribution in [0.25, 0.3) is 4.96 Å². The molecule has 0 amide bonds. The summed E-state index contributed by atoms with van der Waals surface area (Å²) in [5.74, 6) is 0.852. The summed E-state index contributed by atoms with van der Waals surface area (Å²) in [6.07, 6.45) is 0.300. The molecule has 1 saturated heterocycles. The number of rotatable bonds is 3. The van der Waals surface area contributed by atoms with E-state index in [2.05, 4.69) is 54.0 Å². The summed E-state index contributed by atoms with van der Waals surface area (Å²) < 4.78 is 7.48. The lowest BCUT2D eigenvalue weighted by molar-refractivity contribution is -0.0764. The van der Waals surface area contributed by atoms with Gasteiger partial charge >= 0.3 is 0 Å². The summed E-state index contributed by atoms with van der Waals surface area (Å²) in [5, 5.41) is 15.2. The first-order valence-electron chi connectivity index (χ1n) is 8.94. The van der Waals surface area contributed by atoms with E-state index in [1.165, 1.54) is 22.5 Å². The molecule has 1 aliphatic heterocycles. The van der Waals surface area contributed by atoms with Crippen molar-refractivity contribution in [3.8, 4) is 5.88 Å². The summed E-state index contributed by atoms with van der Waals surface area (Å²) in [6.45, 7) is 9.79. The maximum atomic E-state index is 10.9. The van der Waals surface area contributed by atoms with Crippen molar-refractivity contribution >= 4 is 16.3 Å². The van der Waals surface area contributed by atoms with Crippen LogP contribution in [0.4, 0.5) is 0 Å². The van der Waals surface area contributed by atoms with Gasteiger partial charge in [-0.3, -0.25) is 4.90 Å². The van der Waals surface area contributed by atoms with Crippen LogP contribution in [-0.4, -0.2) is 49.9 Å². The van der Waals surface area contributed by atoms with Gasteiger partial charge in [0.05, 0.1) is 23.1 Å². The number of thiazole rings is 1. The Kier molecular flexibility index (Phi) is 4.46. The molecular weight excluding hydrogens is 348 g/mol. The molecule has 0 bridgehead atoms. The van der Waals surface area contributed by atoms with Crippen molar-refractivity contribution in [2.24, 2.45) is 0 Å². The van der Waals surface area contributed by atoms with Gasteiger partial charge in [0.25, 0.3) is 0 Å². The second-order valence-corrected chi connectivity index (χ2v) is 8.12. The number of fused-ring (bicyclic) bond motifs is 1. The second-order valence-electron chi connectivity index (χ2n) is 7.11. The van der Waals surface area contributed by atoms with Gasteiger partial charge in [-0.05, 0) is 38.8 Å². The fourth-order valence-corrected chi connectivity index (χ4v) is 5.01. The number of aromatic nitrogens is 3. The van der Waals surface area contributed by atoms with Crippen LogP contribution in [0.5, 0.6) is 5.88 Å². The molecule has 3 heterocycles. The predicted molar refractivity (Wildman–Crippen MR) is 102 cm³/mol. The number of benzene rings is 1. The summed E-state index contributed by atoms with van der Waals surface area (Å²) in [6, 6.07) is 8.32. The minimum Gasteiger partial charge on any atom is -0.492 e. The maximum Gasteiger partial charge on any atom is 0.230 e. The van der Waals surface area contributed by atoms with E-state index in [9.17, 15) is 5.11 Å². The van der Waals surface area contributed by atoms with E-state index in [1.54, 1.807) is 4.52 Å². The Morgan fingerprint density at radius 1 is 1.19 bits per heavy atom. The van der Waals surface area contributed by atoms with Gasteiger partial charge in [0.15, 0.2) is 0 Å². The highest BCUT2D eigenvalue weighted by Gasteiger charge is 2.34. The van der Waals surface area contributed by atoms with Crippen molar-refractivity contribution in [3.05, 3.63) is 46.1 Å². The monoisotopic (exact) mass is 372 g/mol. The van der Waals surface area contributed by atoms with Crippen LogP contribution in [0.1, 0.15) is 41.7 Å². The molecule has 7 heteroatoms. The Morgan fingerprint density at radius 3 is 2.54 bits per heavy atom. The number of ether oxygens (including phenoxy) is 1. The van der Waals surface area contributed by atoms with Gasteiger partial charge in [-0.2, -0.15) is 4.52 Å². The van der Waals surface area contributed by atoms with Crippen LogP contribution < -0.4 is 0 Å². The molecule has 0 radical (unpaired) electrons. The lowest BCUT2D eigenvalue weighted by Gasteiger charge is -2.40. The Morgan fingerprint density at radius 2 is 1.88 bits per heavy atom. The maximum absolute atomic E-state index is 10.9. The molecule has 138 valence electrons. The highest BCUT2D eigenvalue weighted by atomic mass is 32.1. The summed E-state index contributed by atoms with van der Waals surface area (Å²) in [7, 11) is 0. The molecule has 1 aliphatic rings. The largest absolute Gasteiger partial charge is 0.492 e. The third kappa shape index (κ3) is 3.00. The lowest BCUT2D eigenvalue weighted by Crippen LogP contribution is -2.47. The Hall–Kier alpha value is -1.96. The average Bonchev–Trinajstić information content (AvgIpc) is 3.07. The van der Waals surface area contributed by atoms with Crippen molar-refractivity contribution in [3.63, 3.8) is 0 Å². The Bertz CT molecular complexity index is 925. The summed E-state index contributed by atoms with van der Waals surface area (Å²) in [4.78, 5) is 8.45. The molecule has 0 aliphatic carbocycles. The van der Waals surface area contributed by atoms with Crippen LogP contribution in [0, 0.1) is 13.8 Å². The average molecular weight is 372 g/mol. The van der Waals surface area contributed by atoms with Gasteiger partial charge in [-0.25, -0.2) is 4.98 Å². The fourth-order valence-electron chi connectivity index (χ4n) is 3.85. The van der Waals surface area contributed by atoms with Crippen molar-refractivity contribution < 1.29 is 9.84 Å². The van der Waals surface area contributed by atoms with Gasteiger partial charge in [-0.15, -0.1) is 5.10 Å². The van der Waals surface area contributed by atoms with Gasteiger partial charge in [0, 0.05) is 13.1 Å². The van der Waals surface area contributed by atoms with E-state index in [0.29, 0.717) is 5.82 Å². The zero-order valence-corrected chi connectivity index (χ0v) is 16.3. The predicted octanol–water partition coefficient (Wildman–Crippen LogP) is 3.31. The van der Waals surface area contributed by atoms with Gasteiger partial charge < -0.3 is 9.84 Å². The molecule has 3 unspecified atom stereocenters. The molecule has 0 spiro atoms. The Labute approximate surface area is 157 Å². The topological polar surface area (TPSA) is 62.9 Å². The number of hydrogen-bond donors (Lipinski definition) is 1. The molecule has 1 aromatic carbocycles. The highest BCUT2D eigenvalue weighted by Crippen LogP contribution is 2.41. The van der Waals surface area contributed by atoms with Gasteiger partial charge in [-0.1, -0.05) is 35.6 Å². The highest BCUT2D eigenvalue weighted by molar-refractivity contribution is 7.17. The van der Waals surface area contributed by atoms with Crippen molar-refractivity contribution in [1.29, 1.82) is 0 Å². The number of morpholine rings is 1. The number of nitrogens with zero attached hydrogens (tertiary/aromatic N) is 4. The van der Waals surface area contributed by atoms with Crippen LogP contribution in [0.3, 0.4) is 0 Å². The quantitative estimate of drug-likeness (QED) is 0.764. The third-order valence-electron chi connectivity index (χ3n) is 4.85. The molecule has 2 aromatic heterocycles. The normalized spacial score (nSPS) is 22.8. The molecule has 6 nitrogen and oxygen atoms in total. The zero-order chi connectivity index (χ0) is 18.4. The van der Waals surface area contributed by atoms with E-state index < -0.39 is 0 Å². The Balaban J connectivity index is 1.85. The van der Waals surface area contributed by atoms with E-state index >= 15 is 0 Å². The number of hydrogen-bond acceptors (Lipinski definition) is 6. The second kappa shape index (κ2) is 6.64. The van der Waals surface area contributed by atoms with Crippen molar-refractivity contribution in [2.45, 2.75) is 45.9 Å². The van der Waals surface area contributed by atoms with Gasteiger partial charge in [0.2, 0.25) is 10.8 Å². The molecule has 26 heavy (non-hydrogen) atoms. The van der Waals surface area contributed by atoms with Crippen molar-refractivity contribution in [1.82, 2.24) is 19.5 Å². The van der Waals surface area contributed by atoms with E-state index in [0.717, 1.165) is 22.9 Å². The molecule has 4 rings (SSSR count). The summed E-state index contributed by atoms with van der Waals surface area (Å²) in [5.41, 5.74) is 2.41. The van der Waals surface area contributed by atoms with Crippen LogP contribution in [0.15, 0.2) is 24.3 Å². The first-order chi connectivity index (χ1) is 12.4. The molecule has 3 atom stereocenters. The van der Waals surface area contributed by atoms with Gasteiger partial charge in [0.1, 0.15) is 5.82 Å². The minimum absolute atomic E-state index is 0.0428. The van der Waals surface area contributed by atoms with Crippen LogP contribution in [0.2, 0.25) is 0 Å². The van der Waals surface area contributed by atoms with Crippen LogP contribution >= 0.6 is 11.3 Å². The first-order valence-corrected chi connectivity index (χ1v) is 9.75. The van der Waals surface area contributed by atoms with Crippen molar-refractivity contribution in [2.75, 3.05) is 13.1 Å². The molecule has 1 fully saturated rings. The molecular formula is C19H24N4O2S. The minimum atomic E-state index is -0.0428. The number of aromatic hydroxyl groups is 1. The van der Waals surface area contributed by atoms with Crippen LogP contribution in [-0.2, 0) is 4.74 Å². The molecule has 3 aromatic rings. The van der Waals surface area contributed by atoms with E-state index in [-0.39, 0.29) is 24.1 Å². The lowest BCUT2D eigenvalue weighted by atomic mass is 9.97. The SMILES string of the molecule is Cc1nc2sc(C(c3ccccc3C)N3CC(C)OC(C)C3)c(O)n2n1. The number of aryl methyl sites for hydroxylation is 2. The fraction of sp³-hybridized carbons (Fsp3) is 0.474. The smallest absolute Gasteiger partial charge is 0.230 e. The third-order valence-corrected chi connectivity index (χ3v) is 5.92.